The molecular formula is C18H17Cl2FN2O2. The lowest BCUT2D eigenvalue weighted by molar-refractivity contribution is 0.102. The molecule has 1 fully saturated rings. The van der Waals surface area contributed by atoms with Gasteiger partial charge in [-0.1, -0.05) is 29.3 Å². The first-order chi connectivity index (χ1) is 12.0. The quantitative estimate of drug-likeness (QED) is 0.766. The van der Waals surface area contributed by atoms with Crippen molar-refractivity contribution in [3.05, 3.63) is 57.8 Å². The van der Waals surface area contributed by atoms with Crippen molar-refractivity contribution in [3.63, 3.8) is 0 Å². The van der Waals surface area contributed by atoms with Crippen LogP contribution in [0.25, 0.3) is 0 Å². The van der Waals surface area contributed by atoms with Crippen LogP contribution in [0.4, 0.5) is 15.8 Å². The van der Waals surface area contributed by atoms with Gasteiger partial charge in [-0.25, -0.2) is 4.39 Å². The lowest BCUT2D eigenvalue weighted by Crippen LogP contribution is -2.19. The number of benzene rings is 2. The minimum Gasteiger partial charge on any atom is -0.380 e. The van der Waals surface area contributed by atoms with Crippen LogP contribution in [0, 0.1) is 5.82 Å². The van der Waals surface area contributed by atoms with E-state index in [1.54, 1.807) is 30.3 Å². The second kappa shape index (κ2) is 8.04. The molecule has 132 valence electrons. The van der Waals surface area contributed by atoms with E-state index in [1.165, 1.54) is 6.07 Å². The lowest BCUT2D eigenvalue weighted by Gasteiger charge is -2.13. The second-order valence-corrected chi connectivity index (χ2v) is 6.55. The Bertz CT molecular complexity index is 780. The summed E-state index contributed by atoms with van der Waals surface area (Å²) in [6, 6.07) is 9.24. The Labute approximate surface area is 155 Å². The maximum absolute atomic E-state index is 14.2. The van der Waals surface area contributed by atoms with Crippen LogP contribution in [-0.2, 0) is 4.74 Å². The fraction of sp³-hybridized carbons (Fsp3) is 0.278. The summed E-state index contributed by atoms with van der Waals surface area (Å²) in [6.45, 7) is 1.31. The Morgan fingerprint density at radius 2 is 2.12 bits per heavy atom. The van der Waals surface area contributed by atoms with Crippen molar-refractivity contribution >= 4 is 40.5 Å². The number of halogens is 3. The molecule has 3 rings (SSSR count). The van der Waals surface area contributed by atoms with Crippen molar-refractivity contribution in [1.82, 2.24) is 0 Å². The zero-order chi connectivity index (χ0) is 17.8. The molecule has 1 aliphatic rings. The van der Waals surface area contributed by atoms with Gasteiger partial charge < -0.3 is 15.4 Å². The fourth-order valence-corrected chi connectivity index (χ4v) is 3.03. The van der Waals surface area contributed by atoms with Gasteiger partial charge in [0, 0.05) is 18.8 Å². The van der Waals surface area contributed by atoms with Crippen LogP contribution in [0.2, 0.25) is 10.0 Å². The van der Waals surface area contributed by atoms with E-state index < -0.39 is 11.7 Å². The summed E-state index contributed by atoms with van der Waals surface area (Å²) in [6.07, 6.45) is 2.12. The van der Waals surface area contributed by atoms with Crippen molar-refractivity contribution in [3.8, 4) is 0 Å². The zero-order valence-corrected chi connectivity index (χ0v) is 14.8. The first-order valence-corrected chi connectivity index (χ1v) is 8.70. The molecule has 2 aromatic rings. The van der Waals surface area contributed by atoms with Crippen LogP contribution in [0.1, 0.15) is 23.2 Å². The molecule has 1 heterocycles. The summed E-state index contributed by atoms with van der Waals surface area (Å²) in [7, 11) is 0. The molecule has 0 spiro atoms. The molecule has 0 bridgehead atoms. The van der Waals surface area contributed by atoms with Gasteiger partial charge in [0.2, 0.25) is 0 Å². The highest BCUT2D eigenvalue weighted by atomic mass is 35.5. The van der Waals surface area contributed by atoms with Gasteiger partial charge in [0.1, 0.15) is 5.82 Å². The highest BCUT2D eigenvalue weighted by molar-refractivity contribution is 6.44. The van der Waals surface area contributed by atoms with E-state index in [2.05, 4.69) is 10.6 Å². The van der Waals surface area contributed by atoms with Gasteiger partial charge in [-0.15, -0.1) is 0 Å². The largest absolute Gasteiger partial charge is 0.380 e. The Kier molecular flexibility index (Phi) is 5.78. The summed E-state index contributed by atoms with van der Waals surface area (Å²) >= 11 is 11.9. The minimum absolute atomic E-state index is 0.115. The van der Waals surface area contributed by atoms with Crippen LogP contribution in [0.5, 0.6) is 0 Å². The van der Waals surface area contributed by atoms with Crippen molar-refractivity contribution in [2.24, 2.45) is 0 Å². The normalized spacial score (nSPS) is 16.7. The molecule has 0 radical (unpaired) electrons. The molecule has 2 N–H and O–H groups in total. The molecule has 7 heteroatoms. The van der Waals surface area contributed by atoms with Crippen LogP contribution in [0.3, 0.4) is 0 Å². The predicted molar refractivity (Wildman–Crippen MR) is 98.3 cm³/mol. The van der Waals surface area contributed by atoms with E-state index in [1.807, 2.05) is 0 Å². The number of anilines is 2. The van der Waals surface area contributed by atoms with Crippen LogP contribution < -0.4 is 10.6 Å². The van der Waals surface area contributed by atoms with Gasteiger partial charge in [-0.3, -0.25) is 4.79 Å². The zero-order valence-electron chi connectivity index (χ0n) is 13.3. The summed E-state index contributed by atoms with van der Waals surface area (Å²) in [5.74, 6) is -0.903. The lowest BCUT2D eigenvalue weighted by atomic mass is 10.2. The predicted octanol–water partition coefficient (Wildman–Crippen LogP) is 4.98. The molecule has 4 nitrogen and oxygen atoms in total. The average Bonchev–Trinajstić information content (AvgIpc) is 3.10. The van der Waals surface area contributed by atoms with Gasteiger partial charge in [-0.05, 0) is 43.2 Å². The molecule has 1 unspecified atom stereocenters. The van der Waals surface area contributed by atoms with Crippen LogP contribution in [0.15, 0.2) is 36.4 Å². The van der Waals surface area contributed by atoms with E-state index in [-0.39, 0.29) is 21.7 Å². The Balaban J connectivity index is 1.65. The van der Waals surface area contributed by atoms with Crippen LogP contribution in [-0.4, -0.2) is 25.2 Å². The van der Waals surface area contributed by atoms with Gasteiger partial charge >= 0.3 is 0 Å². The molecule has 0 aliphatic carbocycles. The van der Waals surface area contributed by atoms with Gasteiger partial charge in [0.25, 0.3) is 5.91 Å². The number of carbonyl (C=O) groups is 1. The summed E-state index contributed by atoms with van der Waals surface area (Å²) in [5, 5.41) is 6.10. The second-order valence-electron chi connectivity index (χ2n) is 5.77. The number of rotatable bonds is 5. The van der Waals surface area contributed by atoms with Crippen molar-refractivity contribution in [1.29, 1.82) is 0 Å². The van der Waals surface area contributed by atoms with E-state index >= 15 is 0 Å². The first kappa shape index (κ1) is 18.0. The molecule has 0 saturated carbocycles. The molecule has 1 amide bonds. The Morgan fingerprint density at radius 3 is 2.84 bits per heavy atom. The number of hydrogen-bond donors (Lipinski definition) is 2. The maximum Gasteiger partial charge on any atom is 0.257 e. The Morgan fingerprint density at radius 1 is 1.28 bits per heavy atom. The molecule has 0 aromatic heterocycles. The smallest absolute Gasteiger partial charge is 0.257 e. The van der Waals surface area contributed by atoms with E-state index in [4.69, 9.17) is 27.9 Å². The molecule has 1 atom stereocenters. The number of nitrogens with one attached hydrogen (secondary N) is 2. The van der Waals surface area contributed by atoms with Crippen molar-refractivity contribution < 1.29 is 13.9 Å². The van der Waals surface area contributed by atoms with Gasteiger partial charge in [0.05, 0.1) is 27.4 Å². The monoisotopic (exact) mass is 382 g/mol. The summed E-state index contributed by atoms with van der Waals surface area (Å²) in [5.41, 5.74) is 0.936. The van der Waals surface area contributed by atoms with Crippen molar-refractivity contribution in [2.75, 3.05) is 23.8 Å². The highest BCUT2D eigenvalue weighted by Crippen LogP contribution is 2.27. The van der Waals surface area contributed by atoms with E-state index in [0.29, 0.717) is 17.9 Å². The number of carbonyl (C=O) groups excluding carboxylic acids is 1. The fourth-order valence-electron chi connectivity index (χ4n) is 2.64. The third-order valence-electron chi connectivity index (χ3n) is 3.97. The third-order valence-corrected chi connectivity index (χ3v) is 4.79. The molecular weight excluding hydrogens is 366 g/mol. The van der Waals surface area contributed by atoms with E-state index in [9.17, 15) is 9.18 Å². The molecule has 2 aromatic carbocycles. The number of hydrogen-bond acceptors (Lipinski definition) is 3. The summed E-state index contributed by atoms with van der Waals surface area (Å²) in [4.78, 5) is 12.3. The first-order valence-electron chi connectivity index (χ1n) is 7.95. The van der Waals surface area contributed by atoms with E-state index in [0.717, 1.165) is 19.4 Å². The summed E-state index contributed by atoms with van der Waals surface area (Å²) < 4.78 is 19.7. The Hall–Kier alpha value is -1.82. The van der Waals surface area contributed by atoms with Crippen LogP contribution >= 0.6 is 23.2 Å². The van der Waals surface area contributed by atoms with Gasteiger partial charge in [-0.2, -0.15) is 0 Å². The number of amides is 1. The maximum atomic E-state index is 14.2. The SMILES string of the molecule is O=C(Nc1ccc(NCC2CCCO2)c(F)c1)c1cccc(Cl)c1Cl. The van der Waals surface area contributed by atoms with Crippen molar-refractivity contribution in [2.45, 2.75) is 18.9 Å². The van der Waals surface area contributed by atoms with Gasteiger partial charge in [0.15, 0.2) is 0 Å². The molecule has 1 saturated heterocycles. The highest BCUT2D eigenvalue weighted by Gasteiger charge is 2.16. The molecule has 1 aliphatic heterocycles. The number of ether oxygens (including phenoxy) is 1. The average molecular weight is 383 g/mol. The third kappa shape index (κ3) is 4.42. The standard InChI is InChI=1S/C18H17Cl2FN2O2/c19-14-5-1-4-13(17(14)20)18(24)23-11-6-7-16(15(21)9-11)22-10-12-3-2-8-25-12/h1,4-7,9,12,22H,2-3,8,10H2,(H,23,24). The topological polar surface area (TPSA) is 50.4 Å². The molecule has 25 heavy (non-hydrogen) atoms. The minimum atomic E-state index is -0.452.